The van der Waals surface area contributed by atoms with Crippen LogP contribution >= 0.6 is 12.0 Å². The Morgan fingerprint density at radius 3 is 2.77 bits per heavy atom. The maximum Gasteiger partial charge on any atom is 0.150 e. The molecular formula is C19H15FN2O3S. The number of hydrogen-bond donors (Lipinski definition) is 0. The van der Waals surface area contributed by atoms with Gasteiger partial charge in [0.15, 0.2) is 0 Å². The molecule has 0 saturated heterocycles. The van der Waals surface area contributed by atoms with Gasteiger partial charge in [-0.1, -0.05) is 12.1 Å². The fraction of sp³-hybridized carbons (Fsp3) is 0.105. The molecule has 0 bridgehead atoms. The summed E-state index contributed by atoms with van der Waals surface area (Å²) >= 11 is 1.09. The lowest BCUT2D eigenvalue weighted by Crippen LogP contribution is -2.02. The quantitative estimate of drug-likeness (QED) is 0.269. The Morgan fingerprint density at radius 2 is 2.04 bits per heavy atom. The smallest absolute Gasteiger partial charge is 0.150 e. The second kappa shape index (κ2) is 7.33. The SMILES string of the molecule is COOSc1cnc2c(c1)cc(-c1ccco1)n2Cc1ccc(F)cc1. The summed E-state index contributed by atoms with van der Waals surface area (Å²) in [6.45, 7) is 0.549. The molecule has 0 spiro atoms. The molecule has 0 saturated carbocycles. The molecule has 0 atom stereocenters. The zero-order valence-corrected chi connectivity index (χ0v) is 14.7. The highest BCUT2D eigenvalue weighted by Gasteiger charge is 2.15. The van der Waals surface area contributed by atoms with Crippen LogP contribution in [0.15, 0.2) is 70.3 Å². The Balaban J connectivity index is 1.79. The summed E-state index contributed by atoms with van der Waals surface area (Å²) in [6, 6.07) is 14.2. The van der Waals surface area contributed by atoms with Crippen LogP contribution in [-0.2, 0) is 15.8 Å². The van der Waals surface area contributed by atoms with Crippen molar-refractivity contribution in [3.05, 3.63) is 72.4 Å². The minimum absolute atomic E-state index is 0.254. The van der Waals surface area contributed by atoms with Crippen LogP contribution in [0.3, 0.4) is 0 Å². The summed E-state index contributed by atoms with van der Waals surface area (Å²) in [5.41, 5.74) is 2.68. The number of pyridine rings is 1. The Morgan fingerprint density at radius 1 is 1.19 bits per heavy atom. The number of benzene rings is 1. The molecule has 7 heteroatoms. The number of halogens is 1. The predicted octanol–water partition coefficient (Wildman–Crippen LogP) is 5.07. The first kappa shape index (κ1) is 16.8. The van der Waals surface area contributed by atoms with Gasteiger partial charge in [0.05, 0.1) is 36.0 Å². The zero-order chi connectivity index (χ0) is 17.9. The summed E-state index contributed by atoms with van der Waals surface area (Å²) in [7, 11) is 1.45. The van der Waals surface area contributed by atoms with Gasteiger partial charge in [0, 0.05) is 18.1 Å². The average molecular weight is 370 g/mol. The minimum atomic E-state index is -0.254. The summed E-state index contributed by atoms with van der Waals surface area (Å²) < 4.78 is 25.7. The first-order chi connectivity index (χ1) is 12.7. The first-order valence-corrected chi connectivity index (χ1v) is 8.63. The van der Waals surface area contributed by atoms with Crippen molar-refractivity contribution in [1.82, 2.24) is 9.55 Å². The fourth-order valence-corrected chi connectivity index (χ4v) is 3.22. The molecule has 0 N–H and O–H groups in total. The fourth-order valence-electron chi connectivity index (χ4n) is 2.81. The number of hydrogen-bond acceptors (Lipinski definition) is 5. The molecule has 0 radical (unpaired) electrons. The molecule has 0 fully saturated rings. The molecule has 5 nitrogen and oxygen atoms in total. The normalized spacial score (nSPS) is 11.3. The van der Waals surface area contributed by atoms with E-state index in [0.717, 1.165) is 45.0 Å². The van der Waals surface area contributed by atoms with Gasteiger partial charge in [0.2, 0.25) is 0 Å². The van der Waals surface area contributed by atoms with Crippen LogP contribution in [-0.4, -0.2) is 16.7 Å². The summed E-state index contributed by atoms with van der Waals surface area (Å²) in [5.74, 6) is 0.489. The lowest BCUT2D eigenvalue weighted by Gasteiger charge is -2.09. The van der Waals surface area contributed by atoms with Gasteiger partial charge in [-0.15, -0.1) is 0 Å². The summed E-state index contributed by atoms with van der Waals surface area (Å²) in [5, 5.41) is 0.947. The number of furan rings is 1. The van der Waals surface area contributed by atoms with Crippen molar-refractivity contribution in [3.63, 3.8) is 0 Å². The highest BCUT2D eigenvalue weighted by atomic mass is 32.2. The Labute approximate surface area is 153 Å². The molecule has 4 aromatic rings. The first-order valence-electron chi connectivity index (χ1n) is 7.89. The van der Waals surface area contributed by atoms with Gasteiger partial charge in [-0.25, -0.2) is 14.3 Å². The third kappa shape index (κ3) is 3.37. The third-order valence-corrected chi connectivity index (χ3v) is 4.55. The highest BCUT2D eigenvalue weighted by molar-refractivity contribution is 7.94. The molecule has 0 aliphatic heterocycles. The van der Waals surface area contributed by atoms with Crippen LogP contribution in [0.2, 0.25) is 0 Å². The zero-order valence-electron chi connectivity index (χ0n) is 13.9. The third-order valence-electron chi connectivity index (χ3n) is 3.93. The minimum Gasteiger partial charge on any atom is -0.463 e. The monoisotopic (exact) mass is 370 g/mol. The molecule has 0 unspecified atom stereocenters. The average Bonchev–Trinajstić information content (AvgIpc) is 3.30. The molecule has 3 aromatic heterocycles. The van der Waals surface area contributed by atoms with Crippen molar-refractivity contribution in [2.75, 3.05) is 7.11 Å². The van der Waals surface area contributed by atoms with E-state index in [1.165, 1.54) is 19.2 Å². The Kier molecular flexibility index (Phi) is 4.75. The van der Waals surface area contributed by atoms with Gasteiger partial charge >= 0.3 is 0 Å². The van der Waals surface area contributed by atoms with Crippen LogP contribution in [0.1, 0.15) is 5.56 Å². The lowest BCUT2D eigenvalue weighted by molar-refractivity contribution is -0.160. The molecule has 3 heterocycles. The van der Waals surface area contributed by atoms with E-state index < -0.39 is 0 Å². The van der Waals surface area contributed by atoms with Gasteiger partial charge in [-0.3, -0.25) is 0 Å². The van der Waals surface area contributed by atoms with Crippen molar-refractivity contribution in [1.29, 1.82) is 0 Å². The summed E-state index contributed by atoms with van der Waals surface area (Å²) in [6.07, 6.45) is 3.36. The van der Waals surface area contributed by atoms with Crippen molar-refractivity contribution in [2.24, 2.45) is 0 Å². The molecule has 1 aromatic carbocycles. The van der Waals surface area contributed by atoms with Crippen molar-refractivity contribution in [3.8, 4) is 11.5 Å². The van der Waals surface area contributed by atoms with E-state index in [1.54, 1.807) is 24.6 Å². The van der Waals surface area contributed by atoms with Crippen LogP contribution in [0, 0.1) is 5.82 Å². The standard InChI is InChI=1S/C19H15FN2O3S/c1-23-25-26-16-9-14-10-17(18-3-2-8-24-18)22(19(14)21-11-16)12-13-4-6-15(20)7-5-13/h2-11H,12H2,1H3. The van der Waals surface area contributed by atoms with Gasteiger partial charge in [-0.05, 0) is 42.0 Å². The molecule has 0 aliphatic carbocycles. The van der Waals surface area contributed by atoms with E-state index in [4.69, 9.17) is 8.75 Å². The molecular weight excluding hydrogens is 355 g/mol. The van der Waals surface area contributed by atoms with Gasteiger partial charge in [-0.2, -0.15) is 4.33 Å². The summed E-state index contributed by atoms with van der Waals surface area (Å²) in [4.78, 5) is 10.0. The number of fused-ring (bicyclic) bond motifs is 1. The largest absolute Gasteiger partial charge is 0.463 e. The second-order valence-corrected chi connectivity index (χ2v) is 6.40. The van der Waals surface area contributed by atoms with Crippen LogP contribution < -0.4 is 0 Å². The highest BCUT2D eigenvalue weighted by Crippen LogP contribution is 2.31. The molecule has 26 heavy (non-hydrogen) atoms. The molecule has 0 amide bonds. The molecule has 132 valence electrons. The number of rotatable bonds is 6. The predicted molar refractivity (Wildman–Crippen MR) is 96.9 cm³/mol. The lowest BCUT2D eigenvalue weighted by atomic mass is 10.2. The Bertz CT molecular complexity index is 1010. The van der Waals surface area contributed by atoms with Crippen LogP contribution in [0.4, 0.5) is 4.39 Å². The van der Waals surface area contributed by atoms with Crippen molar-refractivity contribution < 1.29 is 18.0 Å². The van der Waals surface area contributed by atoms with Crippen molar-refractivity contribution in [2.45, 2.75) is 11.4 Å². The molecule has 0 aliphatic rings. The topological polar surface area (TPSA) is 49.4 Å². The van der Waals surface area contributed by atoms with E-state index in [-0.39, 0.29) is 5.82 Å². The second-order valence-electron chi connectivity index (χ2n) is 5.62. The van der Waals surface area contributed by atoms with Crippen LogP contribution in [0.5, 0.6) is 0 Å². The number of nitrogens with zero attached hydrogens (tertiary/aromatic N) is 2. The molecule has 4 rings (SSSR count). The van der Waals surface area contributed by atoms with E-state index in [0.29, 0.717) is 6.54 Å². The van der Waals surface area contributed by atoms with Gasteiger partial charge < -0.3 is 8.98 Å². The van der Waals surface area contributed by atoms with Crippen molar-refractivity contribution >= 4 is 23.1 Å². The Hall–Kier alpha value is -2.61. The number of aromatic nitrogens is 2. The van der Waals surface area contributed by atoms with Gasteiger partial charge in [0.1, 0.15) is 17.2 Å². The van der Waals surface area contributed by atoms with Crippen LogP contribution in [0.25, 0.3) is 22.5 Å². The maximum absolute atomic E-state index is 13.2. The van der Waals surface area contributed by atoms with Gasteiger partial charge in [0.25, 0.3) is 0 Å². The van der Waals surface area contributed by atoms with E-state index >= 15 is 0 Å². The van der Waals surface area contributed by atoms with E-state index in [2.05, 4.69) is 9.87 Å². The van der Waals surface area contributed by atoms with E-state index in [9.17, 15) is 4.39 Å². The van der Waals surface area contributed by atoms with E-state index in [1.807, 2.05) is 28.8 Å². The maximum atomic E-state index is 13.2.